The smallest absolute Gasteiger partial charge is 0.243 e. The number of hydrogen-bond acceptors (Lipinski definition) is 3. The topological polar surface area (TPSA) is 66.5 Å². The fourth-order valence-electron chi connectivity index (χ4n) is 4.06. The Balaban J connectivity index is 1.38. The predicted octanol–water partition coefficient (Wildman–Crippen LogP) is 4.32. The lowest BCUT2D eigenvalue weighted by atomic mass is 9.95. The van der Waals surface area contributed by atoms with Gasteiger partial charge in [0.15, 0.2) is 0 Å². The molecule has 2 fully saturated rings. The third-order valence-electron chi connectivity index (χ3n) is 6.10. The van der Waals surface area contributed by atoms with Crippen LogP contribution in [0.1, 0.15) is 42.9 Å². The van der Waals surface area contributed by atoms with Crippen LogP contribution in [0.5, 0.6) is 0 Å². The molecule has 1 saturated carbocycles. The Bertz CT molecular complexity index is 994. The minimum atomic E-state index is -3.51. The number of nitrogens with one attached hydrogen (secondary N) is 1. The highest BCUT2D eigenvalue weighted by Crippen LogP contribution is 2.41. The van der Waals surface area contributed by atoms with Gasteiger partial charge >= 0.3 is 0 Å². The third kappa shape index (κ3) is 4.71. The highest BCUT2D eigenvalue weighted by Gasteiger charge is 2.36. The lowest BCUT2D eigenvalue weighted by molar-refractivity contribution is -0.127. The van der Waals surface area contributed by atoms with Crippen molar-refractivity contribution in [1.29, 1.82) is 0 Å². The molecular formula is C23H27ClN2O3S. The number of carbonyl (C=O) groups excluding carboxylic acids is 1. The Morgan fingerprint density at radius 3 is 2.17 bits per heavy atom. The van der Waals surface area contributed by atoms with Gasteiger partial charge in [0.25, 0.3) is 0 Å². The normalized spacial score (nSPS) is 19.4. The molecule has 0 radical (unpaired) electrons. The van der Waals surface area contributed by atoms with Crippen molar-refractivity contribution in [3.05, 3.63) is 64.7 Å². The molecule has 2 aromatic carbocycles. The van der Waals surface area contributed by atoms with E-state index in [9.17, 15) is 13.2 Å². The summed E-state index contributed by atoms with van der Waals surface area (Å²) in [4.78, 5) is 13.3. The maximum Gasteiger partial charge on any atom is 0.243 e. The maximum absolute atomic E-state index is 12.9. The van der Waals surface area contributed by atoms with Crippen molar-refractivity contribution in [3.63, 3.8) is 0 Å². The minimum Gasteiger partial charge on any atom is -0.349 e. The monoisotopic (exact) mass is 446 g/mol. The van der Waals surface area contributed by atoms with Crippen LogP contribution in [0.4, 0.5) is 0 Å². The zero-order valence-electron chi connectivity index (χ0n) is 17.1. The summed E-state index contributed by atoms with van der Waals surface area (Å²) in [6.45, 7) is 2.66. The number of sulfonamides is 1. The molecule has 4 rings (SSSR count). The first-order valence-electron chi connectivity index (χ1n) is 10.5. The molecule has 2 aliphatic rings. The number of nitrogens with zero attached hydrogens (tertiary/aromatic N) is 1. The lowest BCUT2D eigenvalue weighted by Gasteiger charge is -2.31. The van der Waals surface area contributed by atoms with Crippen LogP contribution in [-0.4, -0.2) is 31.7 Å². The molecule has 5 nitrogen and oxygen atoms in total. The van der Waals surface area contributed by atoms with Crippen molar-refractivity contribution in [2.75, 3.05) is 13.1 Å². The summed E-state index contributed by atoms with van der Waals surface area (Å²) in [6, 6.07) is 14.6. The van der Waals surface area contributed by atoms with Gasteiger partial charge in [0.05, 0.1) is 10.9 Å². The number of benzene rings is 2. The van der Waals surface area contributed by atoms with Crippen molar-refractivity contribution < 1.29 is 13.2 Å². The number of carbonyl (C=O) groups is 1. The van der Waals surface area contributed by atoms with Crippen molar-refractivity contribution in [2.45, 2.75) is 43.5 Å². The number of amides is 1. The quantitative estimate of drug-likeness (QED) is 0.718. The highest BCUT2D eigenvalue weighted by atomic mass is 35.5. The standard InChI is InChI=1S/C23H27ClN2O3S/c1-16-2-10-21(11-3-16)30(28,29)26-14-12-19(13-15-26)23(27)25-22(17-4-5-17)18-6-8-20(24)9-7-18/h2-3,6-11,17,19,22H,4-5,12-15H2,1H3,(H,25,27)/t22-/m0/s1. The zero-order chi connectivity index (χ0) is 21.3. The number of piperidine rings is 1. The summed E-state index contributed by atoms with van der Waals surface area (Å²) in [5.74, 6) is 0.328. The molecule has 1 atom stereocenters. The van der Waals surface area contributed by atoms with Gasteiger partial charge in [-0.05, 0) is 68.4 Å². The van der Waals surface area contributed by atoms with Crippen molar-refractivity contribution >= 4 is 27.5 Å². The highest BCUT2D eigenvalue weighted by molar-refractivity contribution is 7.89. The van der Waals surface area contributed by atoms with Crippen LogP contribution in [0.25, 0.3) is 0 Å². The van der Waals surface area contributed by atoms with E-state index in [2.05, 4.69) is 5.32 Å². The first-order chi connectivity index (χ1) is 14.3. The van der Waals surface area contributed by atoms with E-state index in [0.717, 1.165) is 24.0 Å². The molecule has 1 N–H and O–H groups in total. The summed E-state index contributed by atoms with van der Waals surface area (Å²) in [7, 11) is -3.51. The fourth-order valence-corrected chi connectivity index (χ4v) is 5.66. The van der Waals surface area contributed by atoms with E-state index < -0.39 is 10.0 Å². The Morgan fingerprint density at radius 1 is 1.00 bits per heavy atom. The van der Waals surface area contributed by atoms with Crippen LogP contribution in [-0.2, 0) is 14.8 Å². The molecule has 2 aromatic rings. The molecule has 1 aliphatic heterocycles. The van der Waals surface area contributed by atoms with E-state index >= 15 is 0 Å². The Morgan fingerprint density at radius 2 is 1.60 bits per heavy atom. The second kappa shape index (κ2) is 8.69. The summed E-state index contributed by atoms with van der Waals surface area (Å²) in [5, 5.41) is 3.91. The van der Waals surface area contributed by atoms with Crippen molar-refractivity contribution in [1.82, 2.24) is 9.62 Å². The van der Waals surface area contributed by atoms with Gasteiger partial charge < -0.3 is 5.32 Å². The summed E-state index contributed by atoms with van der Waals surface area (Å²) in [5.41, 5.74) is 2.10. The van der Waals surface area contributed by atoms with E-state index in [1.165, 1.54) is 4.31 Å². The first-order valence-corrected chi connectivity index (χ1v) is 12.3. The Labute approximate surface area is 183 Å². The second-order valence-electron chi connectivity index (χ2n) is 8.37. The van der Waals surface area contributed by atoms with Crippen LogP contribution in [0.2, 0.25) is 5.02 Å². The average molecular weight is 447 g/mol. The number of aryl methyl sites for hydroxylation is 1. The SMILES string of the molecule is Cc1ccc(S(=O)(=O)N2CCC(C(=O)N[C@H](c3ccc(Cl)cc3)C3CC3)CC2)cc1. The van der Waals surface area contributed by atoms with E-state index in [4.69, 9.17) is 11.6 Å². The maximum atomic E-state index is 12.9. The van der Waals surface area contributed by atoms with Gasteiger partial charge in [-0.25, -0.2) is 8.42 Å². The molecular weight excluding hydrogens is 420 g/mol. The summed E-state index contributed by atoms with van der Waals surface area (Å²) in [6.07, 6.45) is 3.30. The van der Waals surface area contributed by atoms with Crippen molar-refractivity contribution in [3.8, 4) is 0 Å². The molecule has 0 bridgehead atoms. The van der Waals surface area contributed by atoms with Gasteiger partial charge in [-0.15, -0.1) is 0 Å². The predicted molar refractivity (Wildman–Crippen MR) is 118 cm³/mol. The molecule has 0 aromatic heterocycles. The van der Waals surface area contributed by atoms with Crippen LogP contribution >= 0.6 is 11.6 Å². The van der Waals surface area contributed by atoms with Crippen LogP contribution < -0.4 is 5.32 Å². The molecule has 1 amide bonds. The van der Waals surface area contributed by atoms with E-state index in [0.29, 0.717) is 41.8 Å². The Hall–Kier alpha value is -1.89. The van der Waals surface area contributed by atoms with E-state index in [-0.39, 0.29) is 17.9 Å². The number of rotatable bonds is 6. The molecule has 160 valence electrons. The zero-order valence-corrected chi connectivity index (χ0v) is 18.6. The fraction of sp³-hybridized carbons (Fsp3) is 0.435. The van der Waals surface area contributed by atoms with Crippen LogP contribution in [0.3, 0.4) is 0 Å². The van der Waals surface area contributed by atoms with E-state index in [1.54, 1.807) is 12.1 Å². The molecule has 1 aliphatic carbocycles. The van der Waals surface area contributed by atoms with Gasteiger partial charge in [0.2, 0.25) is 15.9 Å². The van der Waals surface area contributed by atoms with Gasteiger partial charge in [-0.3, -0.25) is 4.79 Å². The molecule has 1 heterocycles. The largest absolute Gasteiger partial charge is 0.349 e. The van der Waals surface area contributed by atoms with Gasteiger partial charge in [0.1, 0.15) is 0 Å². The van der Waals surface area contributed by atoms with Gasteiger partial charge in [-0.2, -0.15) is 4.31 Å². The second-order valence-corrected chi connectivity index (χ2v) is 10.7. The van der Waals surface area contributed by atoms with Gasteiger partial charge in [-0.1, -0.05) is 41.4 Å². The first kappa shape index (κ1) is 21.3. The average Bonchev–Trinajstić information content (AvgIpc) is 3.58. The summed E-state index contributed by atoms with van der Waals surface area (Å²) >= 11 is 6.00. The Kier molecular flexibility index (Phi) is 6.19. The summed E-state index contributed by atoms with van der Waals surface area (Å²) < 4.78 is 27.3. The van der Waals surface area contributed by atoms with Gasteiger partial charge in [0, 0.05) is 24.0 Å². The molecule has 1 saturated heterocycles. The molecule has 7 heteroatoms. The minimum absolute atomic E-state index is 0.00378. The van der Waals surface area contributed by atoms with E-state index in [1.807, 2.05) is 43.3 Å². The van der Waals surface area contributed by atoms with Crippen LogP contribution in [0, 0.1) is 18.8 Å². The molecule has 0 spiro atoms. The van der Waals surface area contributed by atoms with Crippen molar-refractivity contribution in [2.24, 2.45) is 11.8 Å². The molecule has 30 heavy (non-hydrogen) atoms. The number of hydrogen-bond donors (Lipinski definition) is 1. The molecule has 0 unspecified atom stereocenters. The number of halogens is 1. The third-order valence-corrected chi connectivity index (χ3v) is 8.27. The van der Waals surface area contributed by atoms with Crippen LogP contribution in [0.15, 0.2) is 53.4 Å². The lowest BCUT2D eigenvalue weighted by Crippen LogP contribution is -2.43.